The van der Waals surface area contributed by atoms with E-state index in [1.165, 1.54) is 12.4 Å². The number of hydrogen-bond donors (Lipinski definition) is 1. The van der Waals surface area contributed by atoms with Gasteiger partial charge >= 0.3 is 6.18 Å². The fraction of sp³-hybridized carbons (Fsp3) is 0.143. The van der Waals surface area contributed by atoms with E-state index in [4.69, 9.17) is 5.21 Å². The number of rotatable bonds is 1. The molecular weight excluding hydrogens is 185 g/mol. The minimum atomic E-state index is -4.66. The van der Waals surface area contributed by atoms with Crippen molar-refractivity contribution in [2.24, 2.45) is 5.16 Å². The van der Waals surface area contributed by atoms with Crippen LogP contribution in [0.1, 0.15) is 5.56 Å². The van der Waals surface area contributed by atoms with Crippen molar-refractivity contribution >= 4 is 5.71 Å². The zero-order chi connectivity index (χ0) is 9.90. The third-order valence-corrected chi connectivity index (χ3v) is 1.32. The predicted molar refractivity (Wildman–Crippen MR) is 38.6 cm³/mol. The van der Waals surface area contributed by atoms with Gasteiger partial charge in [-0.3, -0.25) is 4.98 Å². The van der Waals surface area contributed by atoms with Crippen molar-refractivity contribution in [3.8, 4) is 0 Å². The highest BCUT2D eigenvalue weighted by atomic mass is 19.4. The summed E-state index contributed by atoms with van der Waals surface area (Å²) >= 11 is 0. The molecule has 1 N–H and O–H groups in total. The van der Waals surface area contributed by atoms with Gasteiger partial charge in [0.15, 0.2) is 5.71 Å². The maximum atomic E-state index is 12.1. The van der Waals surface area contributed by atoms with Crippen LogP contribution in [0.4, 0.5) is 13.2 Å². The summed E-state index contributed by atoms with van der Waals surface area (Å²) in [6, 6.07) is 2.23. The first kappa shape index (κ1) is 9.50. The lowest BCUT2D eigenvalue weighted by Gasteiger charge is -2.07. The Labute approximate surface area is 71.5 Å². The van der Waals surface area contributed by atoms with Gasteiger partial charge in [-0.1, -0.05) is 5.16 Å². The Hall–Kier alpha value is -1.59. The summed E-state index contributed by atoms with van der Waals surface area (Å²) in [6.07, 6.45) is -2.28. The van der Waals surface area contributed by atoms with E-state index >= 15 is 0 Å². The first-order valence-corrected chi connectivity index (χ1v) is 3.25. The van der Waals surface area contributed by atoms with Crippen LogP contribution in [0.15, 0.2) is 29.7 Å². The molecule has 0 radical (unpaired) electrons. The van der Waals surface area contributed by atoms with Gasteiger partial charge in [0.2, 0.25) is 0 Å². The molecule has 6 heteroatoms. The first-order chi connectivity index (χ1) is 6.05. The van der Waals surface area contributed by atoms with E-state index in [9.17, 15) is 13.2 Å². The number of pyridine rings is 1. The van der Waals surface area contributed by atoms with Gasteiger partial charge in [-0.15, -0.1) is 0 Å². The van der Waals surface area contributed by atoms with E-state index in [0.717, 1.165) is 12.1 Å². The molecule has 1 heterocycles. The predicted octanol–water partition coefficient (Wildman–Crippen LogP) is 1.82. The molecule has 1 rings (SSSR count). The quantitative estimate of drug-likeness (QED) is 0.417. The molecule has 70 valence electrons. The smallest absolute Gasteiger partial charge is 0.410 e. The van der Waals surface area contributed by atoms with E-state index in [-0.39, 0.29) is 5.56 Å². The lowest BCUT2D eigenvalue weighted by Crippen LogP contribution is -2.23. The van der Waals surface area contributed by atoms with Crippen LogP contribution in [-0.2, 0) is 0 Å². The van der Waals surface area contributed by atoms with Crippen molar-refractivity contribution in [1.29, 1.82) is 0 Å². The van der Waals surface area contributed by atoms with Gasteiger partial charge in [-0.05, 0) is 12.1 Å². The monoisotopic (exact) mass is 190 g/mol. The minimum Gasteiger partial charge on any atom is -0.410 e. The van der Waals surface area contributed by atoms with Crippen molar-refractivity contribution in [2.45, 2.75) is 6.18 Å². The maximum Gasteiger partial charge on any atom is 0.437 e. The Kier molecular flexibility index (Phi) is 2.50. The third-order valence-electron chi connectivity index (χ3n) is 1.32. The van der Waals surface area contributed by atoms with Crippen LogP contribution >= 0.6 is 0 Å². The van der Waals surface area contributed by atoms with Crippen LogP contribution in [0.3, 0.4) is 0 Å². The Balaban J connectivity index is 3.08. The summed E-state index contributed by atoms with van der Waals surface area (Å²) in [4.78, 5) is 3.54. The lowest BCUT2D eigenvalue weighted by molar-refractivity contribution is -0.0601. The van der Waals surface area contributed by atoms with Crippen LogP contribution in [-0.4, -0.2) is 22.1 Å². The average Bonchev–Trinajstić information content (AvgIpc) is 2.05. The normalized spacial score (nSPS) is 13.0. The van der Waals surface area contributed by atoms with Crippen molar-refractivity contribution in [3.05, 3.63) is 30.1 Å². The SMILES string of the molecule is ON=C(c1ccncc1)C(F)(F)F. The molecule has 0 aliphatic rings. The number of aromatic nitrogens is 1. The van der Waals surface area contributed by atoms with E-state index in [1.54, 1.807) is 0 Å². The second-order valence-corrected chi connectivity index (χ2v) is 2.18. The number of hydrogen-bond acceptors (Lipinski definition) is 3. The van der Waals surface area contributed by atoms with Crippen LogP contribution < -0.4 is 0 Å². The minimum absolute atomic E-state index is 0.218. The van der Waals surface area contributed by atoms with Crippen molar-refractivity contribution in [2.75, 3.05) is 0 Å². The van der Waals surface area contributed by atoms with E-state index < -0.39 is 11.9 Å². The molecule has 0 bridgehead atoms. The molecule has 0 unspecified atom stereocenters. The highest BCUT2D eigenvalue weighted by molar-refractivity contribution is 6.04. The van der Waals surface area contributed by atoms with Crippen molar-refractivity contribution < 1.29 is 18.4 Å². The first-order valence-electron chi connectivity index (χ1n) is 3.25. The van der Waals surface area contributed by atoms with Gasteiger partial charge in [0.25, 0.3) is 0 Å². The fourth-order valence-corrected chi connectivity index (χ4v) is 0.788. The van der Waals surface area contributed by atoms with E-state index in [0.29, 0.717) is 0 Å². The Bertz CT molecular complexity index is 307. The van der Waals surface area contributed by atoms with Crippen LogP contribution in [0.25, 0.3) is 0 Å². The summed E-state index contributed by atoms with van der Waals surface area (Å²) in [5.74, 6) is 0. The summed E-state index contributed by atoms with van der Waals surface area (Å²) < 4.78 is 36.3. The molecule has 1 aromatic heterocycles. The highest BCUT2D eigenvalue weighted by Crippen LogP contribution is 2.21. The van der Waals surface area contributed by atoms with Gasteiger partial charge in [0, 0.05) is 18.0 Å². The molecule has 3 nitrogen and oxygen atoms in total. The number of halogens is 3. The van der Waals surface area contributed by atoms with Crippen molar-refractivity contribution in [3.63, 3.8) is 0 Å². The number of alkyl halides is 3. The van der Waals surface area contributed by atoms with Gasteiger partial charge in [0.1, 0.15) is 0 Å². The zero-order valence-corrected chi connectivity index (χ0v) is 6.28. The largest absolute Gasteiger partial charge is 0.437 e. The van der Waals surface area contributed by atoms with Crippen LogP contribution in [0.2, 0.25) is 0 Å². The van der Waals surface area contributed by atoms with Gasteiger partial charge in [-0.2, -0.15) is 13.2 Å². The van der Waals surface area contributed by atoms with Crippen molar-refractivity contribution in [1.82, 2.24) is 4.98 Å². The zero-order valence-electron chi connectivity index (χ0n) is 6.28. The topological polar surface area (TPSA) is 45.5 Å². The van der Waals surface area contributed by atoms with Crippen LogP contribution in [0, 0.1) is 0 Å². The molecule has 0 aliphatic heterocycles. The summed E-state index contributed by atoms with van der Waals surface area (Å²) in [5, 5.41) is 10.4. The average molecular weight is 190 g/mol. The summed E-state index contributed by atoms with van der Waals surface area (Å²) in [7, 11) is 0. The molecule has 0 saturated carbocycles. The molecule has 0 saturated heterocycles. The fourth-order valence-electron chi connectivity index (χ4n) is 0.788. The molecule has 0 amide bonds. The maximum absolute atomic E-state index is 12.1. The van der Waals surface area contributed by atoms with Gasteiger partial charge in [-0.25, -0.2) is 0 Å². The molecule has 13 heavy (non-hydrogen) atoms. The van der Waals surface area contributed by atoms with E-state index in [1.807, 2.05) is 0 Å². The Morgan fingerprint density at radius 1 is 1.31 bits per heavy atom. The molecule has 0 aliphatic carbocycles. The highest BCUT2D eigenvalue weighted by Gasteiger charge is 2.37. The molecule has 0 spiro atoms. The van der Waals surface area contributed by atoms with Gasteiger partial charge < -0.3 is 5.21 Å². The molecule has 1 aromatic rings. The molecule has 0 aromatic carbocycles. The second kappa shape index (κ2) is 3.42. The van der Waals surface area contributed by atoms with Crippen LogP contribution in [0.5, 0.6) is 0 Å². The summed E-state index contributed by atoms with van der Waals surface area (Å²) in [6.45, 7) is 0. The number of nitrogens with zero attached hydrogens (tertiary/aromatic N) is 2. The Morgan fingerprint density at radius 3 is 2.23 bits per heavy atom. The number of oxime groups is 1. The van der Waals surface area contributed by atoms with Gasteiger partial charge in [0.05, 0.1) is 0 Å². The lowest BCUT2D eigenvalue weighted by atomic mass is 10.1. The molecule has 0 fully saturated rings. The summed E-state index contributed by atoms with van der Waals surface area (Å²) in [5.41, 5.74) is -1.54. The molecular formula is C7H5F3N2O. The Morgan fingerprint density at radius 2 is 1.85 bits per heavy atom. The standard InChI is InChI=1S/C7H5F3N2O/c8-7(9,10)6(12-13)5-1-3-11-4-2-5/h1-4,13H. The third kappa shape index (κ3) is 2.17. The second-order valence-electron chi connectivity index (χ2n) is 2.18. The van der Waals surface area contributed by atoms with E-state index in [2.05, 4.69) is 10.1 Å². The molecule has 0 atom stereocenters.